The van der Waals surface area contributed by atoms with E-state index in [1.807, 2.05) is 0 Å². The minimum atomic E-state index is -1.12. The maximum absolute atomic E-state index is 12.6. The van der Waals surface area contributed by atoms with Crippen LogP contribution >= 0.6 is 23.2 Å². The number of hydrogen-bond donors (Lipinski definition) is 1. The number of methoxy groups -OCH3 is 1. The molecule has 9 heteroatoms. The zero-order valence-corrected chi connectivity index (χ0v) is 16.1. The molecule has 2 amide bonds. The van der Waals surface area contributed by atoms with Gasteiger partial charge >= 0.3 is 12.0 Å². The maximum Gasteiger partial charge on any atom is 0.343 e. The number of pyridine rings is 1. The Morgan fingerprint density at radius 2 is 1.81 bits per heavy atom. The fraction of sp³-hybridized carbons (Fsp3) is 0.222. The van der Waals surface area contributed by atoms with E-state index in [-0.39, 0.29) is 6.54 Å². The summed E-state index contributed by atoms with van der Waals surface area (Å²) in [6, 6.07) is 9.52. The number of amides is 2. The number of carbonyl (C=O) groups excluding carboxylic acids is 2. The SMILES string of the molecule is COC(=O)C1(C)CN(C(=O)Nc2ccc(Cl)cn2)N=C1c1ccc(Cl)cc1. The van der Waals surface area contributed by atoms with E-state index < -0.39 is 17.4 Å². The zero-order chi connectivity index (χ0) is 19.6. The first-order chi connectivity index (χ1) is 12.8. The number of nitrogens with one attached hydrogen (secondary N) is 1. The van der Waals surface area contributed by atoms with Crippen LogP contribution in [0.3, 0.4) is 0 Å². The molecule has 2 aromatic rings. The first-order valence-corrected chi connectivity index (χ1v) is 8.72. The van der Waals surface area contributed by atoms with Crippen molar-refractivity contribution in [1.29, 1.82) is 0 Å². The third-order valence-electron chi connectivity index (χ3n) is 4.16. The van der Waals surface area contributed by atoms with E-state index >= 15 is 0 Å². The number of carbonyl (C=O) groups is 2. The standard InChI is InChI=1S/C18H16Cl2N4O3/c1-18(16(25)27-2)10-24(17(26)22-14-8-7-13(20)9-21-14)23-15(18)11-3-5-12(19)6-4-11/h3-9H,10H2,1-2H3,(H,21,22,26). The van der Waals surface area contributed by atoms with Crippen LogP contribution in [-0.4, -0.2) is 41.4 Å². The van der Waals surface area contributed by atoms with Crippen molar-refractivity contribution in [2.24, 2.45) is 10.5 Å². The molecule has 1 aromatic heterocycles. The lowest BCUT2D eigenvalue weighted by molar-refractivity contribution is -0.147. The van der Waals surface area contributed by atoms with E-state index in [0.29, 0.717) is 27.1 Å². The molecule has 0 radical (unpaired) electrons. The monoisotopic (exact) mass is 406 g/mol. The summed E-state index contributed by atoms with van der Waals surface area (Å²) in [6.45, 7) is 1.71. The fourth-order valence-corrected chi connectivity index (χ4v) is 2.99. The van der Waals surface area contributed by atoms with Gasteiger partial charge in [0.15, 0.2) is 0 Å². The summed E-state index contributed by atoms with van der Waals surface area (Å²) in [5.74, 6) is -0.171. The summed E-state index contributed by atoms with van der Waals surface area (Å²) in [7, 11) is 1.30. The highest BCUT2D eigenvalue weighted by Gasteiger charge is 2.48. The van der Waals surface area contributed by atoms with Gasteiger partial charge in [-0.05, 0) is 36.8 Å². The Kier molecular flexibility index (Phi) is 5.34. The number of ether oxygens (including phenoxy) is 1. The number of hydrazone groups is 1. The number of rotatable bonds is 3. The molecule has 0 fully saturated rings. The normalized spacial score (nSPS) is 18.8. The number of aromatic nitrogens is 1. The van der Waals surface area contributed by atoms with Gasteiger partial charge < -0.3 is 4.74 Å². The molecule has 0 aliphatic carbocycles. The molecular weight excluding hydrogens is 391 g/mol. The molecule has 1 atom stereocenters. The number of halogens is 2. The van der Waals surface area contributed by atoms with Gasteiger partial charge in [0, 0.05) is 11.2 Å². The van der Waals surface area contributed by atoms with Crippen LogP contribution < -0.4 is 5.32 Å². The third-order valence-corrected chi connectivity index (χ3v) is 4.64. The number of esters is 1. The van der Waals surface area contributed by atoms with Crippen molar-refractivity contribution in [2.45, 2.75) is 6.92 Å². The predicted octanol–water partition coefficient (Wildman–Crippen LogP) is 3.82. The number of benzene rings is 1. The molecule has 0 saturated carbocycles. The zero-order valence-electron chi connectivity index (χ0n) is 14.6. The number of anilines is 1. The minimum absolute atomic E-state index is 0.0249. The first kappa shape index (κ1) is 19.1. The second-order valence-corrected chi connectivity index (χ2v) is 7.00. The minimum Gasteiger partial charge on any atom is -0.468 e. The maximum atomic E-state index is 12.6. The van der Waals surface area contributed by atoms with Crippen LogP contribution in [0, 0.1) is 5.41 Å². The van der Waals surface area contributed by atoms with Crippen LogP contribution in [0.15, 0.2) is 47.7 Å². The summed E-state index contributed by atoms with van der Waals surface area (Å²) < 4.78 is 4.94. The molecule has 2 heterocycles. The lowest BCUT2D eigenvalue weighted by atomic mass is 9.82. The van der Waals surface area contributed by atoms with Gasteiger partial charge in [0.25, 0.3) is 0 Å². The molecule has 1 aliphatic rings. The quantitative estimate of drug-likeness (QED) is 0.785. The Hall–Kier alpha value is -2.64. The molecule has 27 heavy (non-hydrogen) atoms. The van der Waals surface area contributed by atoms with E-state index in [2.05, 4.69) is 15.4 Å². The largest absolute Gasteiger partial charge is 0.468 e. The van der Waals surface area contributed by atoms with Crippen LogP contribution in [0.5, 0.6) is 0 Å². The van der Waals surface area contributed by atoms with Crippen molar-refractivity contribution in [3.63, 3.8) is 0 Å². The topological polar surface area (TPSA) is 83.9 Å². The van der Waals surface area contributed by atoms with Gasteiger partial charge in [-0.2, -0.15) is 5.10 Å². The van der Waals surface area contributed by atoms with Crippen LogP contribution in [0.1, 0.15) is 12.5 Å². The lowest BCUT2D eigenvalue weighted by Gasteiger charge is -2.23. The molecule has 1 aromatic carbocycles. The molecule has 3 rings (SSSR count). The summed E-state index contributed by atoms with van der Waals surface area (Å²) in [6.07, 6.45) is 1.42. The number of urea groups is 1. The molecule has 1 N–H and O–H groups in total. The molecule has 0 spiro atoms. The molecule has 0 bridgehead atoms. The Bertz CT molecular complexity index is 900. The van der Waals surface area contributed by atoms with E-state index in [4.69, 9.17) is 27.9 Å². The highest BCUT2D eigenvalue weighted by atomic mass is 35.5. The van der Waals surface area contributed by atoms with Crippen molar-refractivity contribution in [2.75, 3.05) is 19.0 Å². The Morgan fingerprint density at radius 1 is 1.15 bits per heavy atom. The molecule has 1 unspecified atom stereocenters. The Balaban J connectivity index is 1.90. The molecule has 0 saturated heterocycles. The van der Waals surface area contributed by atoms with Gasteiger partial charge in [-0.1, -0.05) is 35.3 Å². The van der Waals surface area contributed by atoms with Gasteiger partial charge in [0.05, 0.1) is 24.4 Å². The average Bonchev–Trinajstić information content (AvgIpc) is 3.02. The van der Waals surface area contributed by atoms with E-state index in [1.54, 1.807) is 43.3 Å². The summed E-state index contributed by atoms with van der Waals surface area (Å²) >= 11 is 11.7. The van der Waals surface area contributed by atoms with Gasteiger partial charge in [-0.25, -0.2) is 14.8 Å². The predicted molar refractivity (Wildman–Crippen MR) is 103 cm³/mol. The highest BCUT2D eigenvalue weighted by molar-refractivity contribution is 6.31. The van der Waals surface area contributed by atoms with E-state index in [9.17, 15) is 9.59 Å². The van der Waals surface area contributed by atoms with Crippen LogP contribution in [0.25, 0.3) is 0 Å². The van der Waals surface area contributed by atoms with Gasteiger partial charge in [0.1, 0.15) is 11.2 Å². The van der Waals surface area contributed by atoms with E-state index in [1.165, 1.54) is 18.3 Å². The smallest absolute Gasteiger partial charge is 0.343 e. The van der Waals surface area contributed by atoms with Crippen molar-refractivity contribution >= 4 is 46.7 Å². The highest BCUT2D eigenvalue weighted by Crippen LogP contribution is 2.33. The van der Waals surface area contributed by atoms with Crippen LogP contribution in [-0.2, 0) is 9.53 Å². The molecule has 1 aliphatic heterocycles. The summed E-state index contributed by atoms with van der Waals surface area (Å²) in [5.41, 5.74) is -0.0229. The summed E-state index contributed by atoms with van der Waals surface area (Å²) in [4.78, 5) is 29.0. The molecule has 7 nitrogen and oxygen atoms in total. The third kappa shape index (κ3) is 3.89. The van der Waals surface area contributed by atoms with Crippen LogP contribution in [0.4, 0.5) is 10.6 Å². The van der Waals surface area contributed by atoms with E-state index in [0.717, 1.165) is 0 Å². The van der Waals surface area contributed by atoms with Crippen LogP contribution in [0.2, 0.25) is 10.0 Å². The van der Waals surface area contributed by atoms with Crippen molar-refractivity contribution in [3.05, 3.63) is 58.2 Å². The Morgan fingerprint density at radius 3 is 2.41 bits per heavy atom. The molecule has 140 valence electrons. The van der Waals surface area contributed by atoms with Gasteiger partial charge in [-0.3, -0.25) is 10.1 Å². The van der Waals surface area contributed by atoms with Gasteiger partial charge in [0.2, 0.25) is 0 Å². The first-order valence-electron chi connectivity index (χ1n) is 7.97. The van der Waals surface area contributed by atoms with Crippen molar-refractivity contribution < 1.29 is 14.3 Å². The second kappa shape index (κ2) is 7.54. The average molecular weight is 407 g/mol. The fourth-order valence-electron chi connectivity index (χ4n) is 2.75. The van der Waals surface area contributed by atoms with Crippen molar-refractivity contribution in [1.82, 2.24) is 9.99 Å². The summed E-state index contributed by atoms with van der Waals surface area (Å²) in [5, 5.41) is 9.18. The van der Waals surface area contributed by atoms with Crippen molar-refractivity contribution in [3.8, 4) is 0 Å². The number of hydrogen-bond acceptors (Lipinski definition) is 5. The molecular formula is C18H16Cl2N4O3. The second-order valence-electron chi connectivity index (χ2n) is 6.13. The van der Waals surface area contributed by atoms with Gasteiger partial charge in [-0.15, -0.1) is 0 Å². The number of nitrogens with zero attached hydrogens (tertiary/aromatic N) is 3. The lowest BCUT2D eigenvalue weighted by Crippen LogP contribution is -2.42. The Labute approximate surface area is 165 Å².